The van der Waals surface area contributed by atoms with E-state index in [1.54, 1.807) is 6.92 Å². The highest BCUT2D eigenvalue weighted by Gasteiger charge is 2.58. The molecule has 3 unspecified atom stereocenters. The summed E-state index contributed by atoms with van der Waals surface area (Å²) in [6.45, 7) is 16.0. The number of fused-ring (bicyclic) bond motifs is 4. The fraction of sp³-hybridized carbons (Fsp3) is 0.576. The van der Waals surface area contributed by atoms with Gasteiger partial charge in [-0.15, -0.1) is 0 Å². The Morgan fingerprint density at radius 1 is 1.10 bits per heavy atom. The molecule has 2 bridgehead atoms. The molecule has 0 aromatic heterocycles. The summed E-state index contributed by atoms with van der Waals surface area (Å²) in [5.41, 5.74) is 8.58. The van der Waals surface area contributed by atoms with Crippen LogP contribution in [0.1, 0.15) is 31.4 Å². The summed E-state index contributed by atoms with van der Waals surface area (Å²) < 4.78 is 2.56. The van der Waals surface area contributed by atoms with E-state index in [1.807, 2.05) is 6.92 Å². The lowest BCUT2D eigenvalue weighted by atomic mass is 9.77. The number of hydrogen-bond donors (Lipinski definition) is 2. The molecule has 1 amide bonds. The zero-order chi connectivity index (χ0) is 29.4. The fourth-order valence-electron chi connectivity index (χ4n) is 9.03. The number of β-lactam (4-membered cyclic amide) rings is 1. The number of anilines is 1. The third-order valence-electron chi connectivity index (χ3n) is 11.7. The average Bonchev–Trinajstić information content (AvgIpc) is 3.46. The maximum atomic E-state index is 12.8. The van der Waals surface area contributed by atoms with Gasteiger partial charge >= 0.3 is 0 Å². The number of nitrogens with zero attached hydrogens (tertiary/aromatic N) is 4. The molecule has 6 aliphatic heterocycles. The molecule has 0 spiro atoms. The summed E-state index contributed by atoms with van der Waals surface area (Å²) in [5.74, 6) is -2.35. The summed E-state index contributed by atoms with van der Waals surface area (Å²) in [6, 6.07) is 10.8. The number of benzene rings is 2. The molecule has 42 heavy (non-hydrogen) atoms. The van der Waals surface area contributed by atoms with Crippen molar-refractivity contribution in [1.29, 1.82) is 0 Å². The van der Waals surface area contributed by atoms with Crippen LogP contribution in [0.4, 0.5) is 5.69 Å². The van der Waals surface area contributed by atoms with Crippen molar-refractivity contribution in [2.45, 2.75) is 45.4 Å². The van der Waals surface area contributed by atoms with Gasteiger partial charge in [-0.2, -0.15) is 0 Å². The van der Waals surface area contributed by atoms with E-state index >= 15 is 0 Å². The molecule has 6 heterocycles. The molecular weight excluding hydrogens is 530 g/mol. The summed E-state index contributed by atoms with van der Waals surface area (Å²) >= 11 is 0. The van der Waals surface area contributed by atoms with Crippen LogP contribution in [0, 0.1) is 11.8 Å². The zero-order valence-corrected chi connectivity index (χ0v) is 25.1. The predicted molar refractivity (Wildman–Crippen MR) is 158 cm³/mol. The first-order chi connectivity index (χ1) is 20.2. The molecule has 224 valence electrons. The van der Waals surface area contributed by atoms with Gasteiger partial charge < -0.3 is 39.5 Å². The first-order valence-electron chi connectivity index (χ1n) is 15.9. The van der Waals surface area contributed by atoms with Crippen LogP contribution >= 0.6 is 0 Å². The lowest BCUT2D eigenvalue weighted by molar-refractivity contribution is -1.08. The summed E-state index contributed by atoms with van der Waals surface area (Å²) in [7, 11) is 0. The number of aliphatic carboxylic acids is 1. The van der Waals surface area contributed by atoms with Crippen molar-refractivity contribution in [2.24, 2.45) is 11.8 Å². The number of carboxylic acids is 1. The van der Waals surface area contributed by atoms with Crippen molar-refractivity contribution in [3.63, 3.8) is 0 Å². The molecule has 4 atom stereocenters. The summed E-state index contributed by atoms with van der Waals surface area (Å²) in [6.07, 6.45) is 1.49. The minimum Gasteiger partial charge on any atom is -0.543 e. The van der Waals surface area contributed by atoms with Gasteiger partial charge in [-0.05, 0) is 35.1 Å². The van der Waals surface area contributed by atoms with Gasteiger partial charge in [0.25, 0.3) is 0 Å². The van der Waals surface area contributed by atoms with Gasteiger partial charge in [0.1, 0.15) is 39.3 Å². The highest BCUT2D eigenvalue weighted by atomic mass is 16.4. The zero-order valence-electron chi connectivity index (χ0n) is 25.1. The Balaban J connectivity index is 1.11. The molecule has 2 aromatic carbocycles. The molecule has 4 saturated heterocycles. The second-order valence-corrected chi connectivity index (χ2v) is 13.8. The molecule has 0 saturated carbocycles. The van der Waals surface area contributed by atoms with Crippen molar-refractivity contribution in [1.82, 2.24) is 4.90 Å². The lowest BCUT2D eigenvalue weighted by Crippen LogP contribution is -2.75. The van der Waals surface area contributed by atoms with E-state index in [1.165, 1.54) is 94.5 Å². The van der Waals surface area contributed by atoms with Gasteiger partial charge in [0, 0.05) is 42.9 Å². The SMILES string of the molecule is CC(O)C1C(=O)N2C(C(=O)[O-])=C(CN3Cc4ccc(CC[N+]56CC[N+](CCC[NH3+])(CC5)CC6)c5cccc3c45)[C@H](C)C12. The van der Waals surface area contributed by atoms with E-state index in [4.69, 9.17) is 0 Å². The predicted octanol–water partition coefficient (Wildman–Crippen LogP) is -0.143. The van der Waals surface area contributed by atoms with E-state index in [2.05, 4.69) is 41.0 Å². The normalized spacial score (nSPS) is 32.1. The minimum atomic E-state index is -1.31. The fourth-order valence-corrected chi connectivity index (χ4v) is 9.03. The Labute approximate surface area is 247 Å². The average molecular weight is 576 g/mol. The number of piperazine rings is 3. The largest absolute Gasteiger partial charge is 0.543 e. The van der Waals surface area contributed by atoms with Crippen LogP contribution < -0.4 is 15.7 Å². The number of rotatable bonds is 10. The first kappa shape index (κ1) is 27.8. The Morgan fingerprint density at radius 2 is 1.79 bits per heavy atom. The van der Waals surface area contributed by atoms with Crippen LogP contribution in [0.25, 0.3) is 10.8 Å². The van der Waals surface area contributed by atoms with E-state index < -0.39 is 18.0 Å². The smallest absolute Gasteiger partial charge is 0.235 e. The Hall–Kier alpha value is -2.98. The second kappa shape index (κ2) is 10.0. The monoisotopic (exact) mass is 575 g/mol. The van der Waals surface area contributed by atoms with Crippen molar-refractivity contribution in [3.05, 3.63) is 52.7 Å². The molecule has 4 N–H and O–H groups in total. The first-order valence-corrected chi connectivity index (χ1v) is 15.9. The van der Waals surface area contributed by atoms with Crippen molar-refractivity contribution < 1.29 is 34.5 Å². The van der Waals surface area contributed by atoms with E-state index in [0.29, 0.717) is 13.1 Å². The van der Waals surface area contributed by atoms with E-state index in [0.717, 1.165) is 24.2 Å². The highest BCUT2D eigenvalue weighted by Crippen LogP contribution is 2.48. The lowest BCUT2D eigenvalue weighted by Gasteiger charge is -2.55. The topological polar surface area (TPSA) is 112 Å². The number of carbonyl (C=O) groups is 2. The van der Waals surface area contributed by atoms with Crippen LogP contribution in [0.5, 0.6) is 0 Å². The van der Waals surface area contributed by atoms with Crippen LogP contribution in [-0.2, 0) is 22.6 Å². The van der Waals surface area contributed by atoms with Crippen LogP contribution in [0.2, 0.25) is 0 Å². The number of amides is 1. The quantitative estimate of drug-likeness (QED) is 0.303. The maximum absolute atomic E-state index is 12.8. The molecule has 0 radical (unpaired) electrons. The summed E-state index contributed by atoms with van der Waals surface area (Å²) in [5, 5.41) is 25.1. The number of carbonyl (C=O) groups excluding carboxylic acids is 2. The number of aliphatic hydroxyl groups excluding tert-OH is 1. The van der Waals surface area contributed by atoms with Gasteiger partial charge in [-0.25, -0.2) is 0 Å². The second-order valence-electron chi connectivity index (χ2n) is 13.8. The van der Waals surface area contributed by atoms with Crippen molar-refractivity contribution in [3.8, 4) is 0 Å². The van der Waals surface area contributed by atoms with Crippen LogP contribution in [-0.4, -0.2) is 108 Å². The summed E-state index contributed by atoms with van der Waals surface area (Å²) in [4.78, 5) is 28.7. The Morgan fingerprint density at radius 3 is 2.43 bits per heavy atom. The van der Waals surface area contributed by atoms with Crippen LogP contribution in [0.3, 0.4) is 0 Å². The van der Waals surface area contributed by atoms with Crippen molar-refractivity contribution in [2.75, 3.05) is 70.3 Å². The molecule has 9 nitrogen and oxygen atoms in total. The van der Waals surface area contributed by atoms with Gasteiger partial charge in [-0.1, -0.05) is 31.2 Å². The van der Waals surface area contributed by atoms with Crippen molar-refractivity contribution >= 4 is 28.3 Å². The van der Waals surface area contributed by atoms with Gasteiger partial charge in [0.2, 0.25) is 5.91 Å². The van der Waals surface area contributed by atoms with E-state index in [9.17, 15) is 19.8 Å². The molecule has 8 rings (SSSR count). The number of carboxylic acid groups (broad SMARTS) is 1. The number of hydrogen-bond acceptors (Lipinski definition) is 5. The molecular formula is C33H45N5O4+2. The Kier molecular flexibility index (Phi) is 6.66. The maximum Gasteiger partial charge on any atom is 0.235 e. The standard InChI is InChI=1S/C33H44N5O4/c1-21-26(31(33(41)42)36-30(21)28(22(2)39)32(36)40)20-35-19-24-8-7-23(25-5-3-6-27(35)29(24)25)9-12-38-16-13-37(14-17-38,15-18-38)11-4-10-34/h3,5-8,21-22,28,30,39H,4,9-20,34H2,1-2H3/q+1/p+1/t21-,22?,28?,30?,37?,38?/m0/s1. The van der Waals surface area contributed by atoms with Crippen LogP contribution in [0.15, 0.2) is 41.6 Å². The molecule has 4 fully saturated rings. The van der Waals surface area contributed by atoms with E-state index in [-0.39, 0.29) is 23.6 Å². The molecule has 6 aliphatic rings. The van der Waals surface area contributed by atoms with Gasteiger partial charge in [0.05, 0.1) is 49.4 Å². The third-order valence-corrected chi connectivity index (χ3v) is 11.7. The molecule has 9 heteroatoms. The number of quaternary nitrogens is 3. The minimum absolute atomic E-state index is 0.00390. The Bertz CT molecular complexity index is 1460. The number of aliphatic hydroxyl groups is 1. The molecule has 0 aliphatic carbocycles. The van der Waals surface area contributed by atoms with Gasteiger partial charge in [0.15, 0.2) is 0 Å². The molecule has 2 aromatic rings. The highest BCUT2D eigenvalue weighted by molar-refractivity contribution is 6.02. The van der Waals surface area contributed by atoms with Gasteiger partial charge in [-0.3, -0.25) is 4.79 Å². The third kappa shape index (κ3) is 4.12.